The van der Waals surface area contributed by atoms with E-state index in [9.17, 15) is 9.59 Å². The number of nitrogens with one attached hydrogen (secondary N) is 1. The van der Waals surface area contributed by atoms with Crippen molar-refractivity contribution >= 4 is 11.8 Å². The maximum absolute atomic E-state index is 12.7. The SMILES string of the molecule is COCCNC(=O)[C@H]1CC[C@H](c2ccccc2)N(C(=O)C2CC2)C1. The molecule has 1 N–H and O–H groups in total. The van der Waals surface area contributed by atoms with Crippen LogP contribution in [0.2, 0.25) is 0 Å². The maximum Gasteiger partial charge on any atom is 0.226 e. The second-order valence-electron chi connectivity index (χ2n) is 6.75. The van der Waals surface area contributed by atoms with Crippen LogP contribution in [0.1, 0.15) is 37.3 Å². The number of amides is 2. The number of hydrogen-bond donors (Lipinski definition) is 1. The number of likely N-dealkylation sites (tertiary alicyclic amines) is 1. The van der Waals surface area contributed by atoms with Crippen LogP contribution in [-0.2, 0) is 14.3 Å². The molecule has 1 aromatic carbocycles. The number of rotatable bonds is 6. The lowest BCUT2D eigenvalue weighted by Crippen LogP contribution is -2.47. The number of ether oxygens (including phenoxy) is 1. The van der Waals surface area contributed by atoms with Crippen molar-refractivity contribution in [3.63, 3.8) is 0 Å². The zero-order valence-electron chi connectivity index (χ0n) is 14.2. The van der Waals surface area contributed by atoms with Crippen LogP contribution >= 0.6 is 0 Å². The van der Waals surface area contributed by atoms with Gasteiger partial charge in [-0.1, -0.05) is 30.3 Å². The third kappa shape index (κ3) is 3.96. The van der Waals surface area contributed by atoms with Crippen molar-refractivity contribution in [2.24, 2.45) is 11.8 Å². The molecule has 5 heteroatoms. The lowest BCUT2D eigenvalue weighted by atomic mass is 9.88. The quantitative estimate of drug-likeness (QED) is 0.813. The second kappa shape index (κ2) is 7.79. The molecule has 0 radical (unpaired) electrons. The van der Waals surface area contributed by atoms with Gasteiger partial charge in [0.1, 0.15) is 0 Å². The Bertz CT molecular complexity index is 571. The van der Waals surface area contributed by atoms with Gasteiger partial charge < -0.3 is 15.0 Å². The lowest BCUT2D eigenvalue weighted by molar-refractivity contribution is -0.140. The van der Waals surface area contributed by atoms with E-state index in [0.717, 1.165) is 25.7 Å². The minimum Gasteiger partial charge on any atom is -0.383 e. The number of nitrogens with zero attached hydrogens (tertiary/aromatic N) is 1. The molecule has 1 aromatic rings. The molecule has 1 aliphatic heterocycles. The van der Waals surface area contributed by atoms with Crippen molar-refractivity contribution in [2.45, 2.75) is 31.7 Å². The average Bonchev–Trinajstić information content (AvgIpc) is 3.46. The van der Waals surface area contributed by atoms with Crippen LogP contribution in [0.3, 0.4) is 0 Å². The first-order valence-corrected chi connectivity index (χ1v) is 8.82. The van der Waals surface area contributed by atoms with Crippen LogP contribution in [0.5, 0.6) is 0 Å². The Morgan fingerprint density at radius 2 is 1.83 bits per heavy atom. The molecule has 1 saturated heterocycles. The van der Waals surface area contributed by atoms with E-state index in [1.807, 2.05) is 23.1 Å². The zero-order valence-corrected chi connectivity index (χ0v) is 14.2. The highest BCUT2D eigenvalue weighted by atomic mass is 16.5. The summed E-state index contributed by atoms with van der Waals surface area (Å²) in [5.74, 6) is 0.307. The second-order valence-corrected chi connectivity index (χ2v) is 6.75. The molecule has 5 nitrogen and oxygen atoms in total. The topological polar surface area (TPSA) is 58.6 Å². The molecule has 1 heterocycles. The molecule has 2 amide bonds. The van der Waals surface area contributed by atoms with Crippen molar-refractivity contribution in [3.05, 3.63) is 35.9 Å². The van der Waals surface area contributed by atoms with Crippen molar-refractivity contribution < 1.29 is 14.3 Å². The van der Waals surface area contributed by atoms with E-state index in [1.165, 1.54) is 5.56 Å². The van der Waals surface area contributed by atoms with Gasteiger partial charge in [-0.15, -0.1) is 0 Å². The molecule has 2 aliphatic rings. The monoisotopic (exact) mass is 330 g/mol. The highest BCUT2D eigenvalue weighted by Gasteiger charge is 2.41. The van der Waals surface area contributed by atoms with Gasteiger partial charge in [0.15, 0.2) is 0 Å². The molecule has 0 unspecified atom stereocenters. The van der Waals surface area contributed by atoms with Crippen LogP contribution in [0.25, 0.3) is 0 Å². The standard InChI is InChI=1S/C19H26N2O3/c1-24-12-11-20-18(22)16-9-10-17(14-5-3-2-4-6-14)21(13-16)19(23)15-7-8-15/h2-6,15-17H,7-13H2,1H3,(H,20,22)/t16-,17+/m0/s1. The van der Waals surface area contributed by atoms with Crippen molar-refractivity contribution in [2.75, 3.05) is 26.8 Å². The Labute approximate surface area is 143 Å². The normalized spacial score (nSPS) is 23.8. The van der Waals surface area contributed by atoms with Crippen molar-refractivity contribution in [3.8, 4) is 0 Å². The third-order valence-corrected chi connectivity index (χ3v) is 4.95. The summed E-state index contributed by atoms with van der Waals surface area (Å²) in [6, 6.07) is 10.3. The summed E-state index contributed by atoms with van der Waals surface area (Å²) in [6.45, 7) is 1.55. The minimum absolute atomic E-state index is 0.0344. The summed E-state index contributed by atoms with van der Waals surface area (Å²) in [5.41, 5.74) is 1.17. The predicted molar refractivity (Wildman–Crippen MR) is 91.2 cm³/mol. The van der Waals surface area contributed by atoms with E-state index in [2.05, 4.69) is 17.4 Å². The number of hydrogen-bond acceptors (Lipinski definition) is 3. The molecule has 2 fully saturated rings. The number of methoxy groups -OCH3 is 1. The van der Waals surface area contributed by atoms with E-state index in [-0.39, 0.29) is 29.7 Å². The van der Waals surface area contributed by atoms with Gasteiger partial charge in [-0.3, -0.25) is 9.59 Å². The van der Waals surface area contributed by atoms with Gasteiger partial charge in [-0.2, -0.15) is 0 Å². The molecular formula is C19H26N2O3. The summed E-state index contributed by atoms with van der Waals surface area (Å²) >= 11 is 0. The highest BCUT2D eigenvalue weighted by Crippen LogP contribution is 2.39. The van der Waals surface area contributed by atoms with E-state index >= 15 is 0 Å². The fourth-order valence-electron chi connectivity index (χ4n) is 3.44. The average molecular weight is 330 g/mol. The fraction of sp³-hybridized carbons (Fsp3) is 0.579. The molecule has 1 aliphatic carbocycles. The van der Waals surface area contributed by atoms with Crippen molar-refractivity contribution in [1.82, 2.24) is 10.2 Å². The Morgan fingerprint density at radius 3 is 2.50 bits per heavy atom. The van der Waals surface area contributed by atoms with Gasteiger partial charge in [0.2, 0.25) is 11.8 Å². The van der Waals surface area contributed by atoms with Gasteiger partial charge in [0, 0.05) is 26.1 Å². The van der Waals surface area contributed by atoms with Crippen LogP contribution in [-0.4, -0.2) is 43.5 Å². The Balaban J connectivity index is 1.69. The number of carbonyl (C=O) groups is 2. The summed E-state index contributed by atoms with van der Waals surface area (Å²) in [4.78, 5) is 27.1. The molecule has 0 bridgehead atoms. The molecule has 130 valence electrons. The Kier molecular flexibility index (Phi) is 5.51. The first-order chi connectivity index (χ1) is 11.7. The largest absolute Gasteiger partial charge is 0.383 e. The maximum atomic E-state index is 12.7. The molecule has 2 atom stereocenters. The van der Waals surface area contributed by atoms with Crippen LogP contribution in [0.4, 0.5) is 0 Å². The highest BCUT2D eigenvalue weighted by molar-refractivity contribution is 5.84. The number of carbonyl (C=O) groups excluding carboxylic acids is 2. The summed E-state index contributed by atoms with van der Waals surface area (Å²) in [7, 11) is 1.62. The molecule has 24 heavy (non-hydrogen) atoms. The van der Waals surface area contributed by atoms with E-state index in [1.54, 1.807) is 7.11 Å². The van der Waals surface area contributed by atoms with Crippen LogP contribution < -0.4 is 5.32 Å². The molecule has 3 rings (SSSR count). The van der Waals surface area contributed by atoms with E-state index in [0.29, 0.717) is 19.7 Å². The van der Waals surface area contributed by atoms with Crippen LogP contribution in [0, 0.1) is 11.8 Å². The Hall–Kier alpha value is -1.88. The first-order valence-electron chi connectivity index (χ1n) is 8.82. The summed E-state index contributed by atoms with van der Waals surface area (Å²) < 4.78 is 4.97. The molecule has 0 spiro atoms. The van der Waals surface area contributed by atoms with Gasteiger partial charge >= 0.3 is 0 Å². The summed E-state index contributed by atoms with van der Waals surface area (Å²) in [6.07, 6.45) is 3.63. The number of benzene rings is 1. The van der Waals surface area contributed by atoms with Gasteiger partial charge in [-0.05, 0) is 31.2 Å². The van der Waals surface area contributed by atoms with Gasteiger partial charge in [0.05, 0.1) is 18.6 Å². The third-order valence-electron chi connectivity index (χ3n) is 4.95. The predicted octanol–water partition coefficient (Wildman–Crippen LogP) is 2.14. The summed E-state index contributed by atoms with van der Waals surface area (Å²) in [5, 5.41) is 2.91. The zero-order chi connectivity index (χ0) is 16.9. The molecule has 1 saturated carbocycles. The number of piperidine rings is 1. The lowest BCUT2D eigenvalue weighted by Gasteiger charge is -2.39. The van der Waals surface area contributed by atoms with Crippen molar-refractivity contribution in [1.29, 1.82) is 0 Å². The van der Waals surface area contributed by atoms with Crippen LogP contribution in [0.15, 0.2) is 30.3 Å². The smallest absolute Gasteiger partial charge is 0.226 e. The first kappa shape index (κ1) is 17.0. The molecular weight excluding hydrogens is 304 g/mol. The van der Waals surface area contributed by atoms with Gasteiger partial charge in [0.25, 0.3) is 0 Å². The van der Waals surface area contributed by atoms with E-state index < -0.39 is 0 Å². The van der Waals surface area contributed by atoms with Gasteiger partial charge in [-0.25, -0.2) is 0 Å². The molecule has 0 aromatic heterocycles. The van der Waals surface area contributed by atoms with E-state index in [4.69, 9.17) is 4.74 Å². The Morgan fingerprint density at radius 1 is 1.12 bits per heavy atom. The fourth-order valence-corrected chi connectivity index (χ4v) is 3.44. The minimum atomic E-state index is -0.121.